The number of thiophene rings is 1. The van der Waals surface area contributed by atoms with E-state index in [0.717, 1.165) is 33.7 Å². The Morgan fingerprint density at radius 1 is 1.08 bits per heavy atom. The Hall–Kier alpha value is -3.12. The predicted molar refractivity (Wildman–Crippen MR) is 107 cm³/mol. The van der Waals surface area contributed by atoms with Crippen molar-refractivity contribution in [2.24, 2.45) is 0 Å². The Kier molecular flexibility index (Phi) is 4.18. The Balaban J connectivity index is 1.68. The lowest BCUT2D eigenvalue weighted by atomic mass is 10.1. The van der Waals surface area contributed by atoms with Crippen molar-refractivity contribution in [2.75, 3.05) is 10.6 Å². The molecular formula is C20H18N4OS. The van der Waals surface area contributed by atoms with Crippen LogP contribution < -0.4 is 10.6 Å². The zero-order valence-electron chi connectivity index (χ0n) is 14.5. The molecule has 4 aromatic rings. The van der Waals surface area contributed by atoms with Crippen LogP contribution in [0.15, 0.2) is 59.4 Å². The summed E-state index contributed by atoms with van der Waals surface area (Å²) in [6, 6.07) is 13.4. The molecule has 2 N–H and O–H groups in total. The minimum atomic E-state index is -0.294. The van der Waals surface area contributed by atoms with Crippen LogP contribution in [0.2, 0.25) is 0 Å². The summed E-state index contributed by atoms with van der Waals surface area (Å²) >= 11 is 1.60. The molecule has 130 valence electrons. The summed E-state index contributed by atoms with van der Waals surface area (Å²) in [6.07, 6.45) is 1.89. The molecule has 0 fully saturated rings. The second kappa shape index (κ2) is 6.65. The van der Waals surface area contributed by atoms with Crippen molar-refractivity contribution in [3.05, 3.63) is 70.5 Å². The largest absolute Gasteiger partial charge is 0.324 e. The number of hydrogen-bond acceptors (Lipinski definition) is 3. The van der Waals surface area contributed by atoms with Crippen molar-refractivity contribution in [3.63, 3.8) is 0 Å². The number of aryl methyl sites for hydroxylation is 2. The van der Waals surface area contributed by atoms with E-state index < -0.39 is 0 Å². The number of rotatable bonds is 3. The van der Waals surface area contributed by atoms with Gasteiger partial charge in [-0.15, -0.1) is 0 Å². The SMILES string of the molecule is Cc1cc(C)cc(NC(=O)Nc2c(-c3ccsc3)nc3ccccn23)c1. The summed E-state index contributed by atoms with van der Waals surface area (Å²) in [6.45, 7) is 4.02. The van der Waals surface area contributed by atoms with Gasteiger partial charge in [-0.25, -0.2) is 9.78 Å². The molecule has 0 aliphatic rings. The zero-order valence-corrected chi connectivity index (χ0v) is 15.3. The summed E-state index contributed by atoms with van der Waals surface area (Å²) in [4.78, 5) is 17.3. The molecule has 0 aliphatic heterocycles. The zero-order chi connectivity index (χ0) is 18.1. The van der Waals surface area contributed by atoms with Crippen LogP contribution in [-0.4, -0.2) is 15.4 Å². The van der Waals surface area contributed by atoms with E-state index in [-0.39, 0.29) is 6.03 Å². The molecular weight excluding hydrogens is 344 g/mol. The third-order valence-electron chi connectivity index (χ3n) is 4.04. The van der Waals surface area contributed by atoms with Crippen LogP contribution in [0.1, 0.15) is 11.1 Å². The molecule has 4 rings (SSSR count). The van der Waals surface area contributed by atoms with E-state index in [1.165, 1.54) is 0 Å². The van der Waals surface area contributed by atoms with Crippen LogP contribution in [0.3, 0.4) is 0 Å². The molecule has 26 heavy (non-hydrogen) atoms. The maximum absolute atomic E-state index is 12.6. The number of aromatic nitrogens is 2. The van der Waals surface area contributed by atoms with E-state index in [1.807, 2.05) is 71.6 Å². The second-order valence-corrected chi connectivity index (χ2v) is 6.99. The molecule has 6 heteroatoms. The van der Waals surface area contributed by atoms with Gasteiger partial charge < -0.3 is 5.32 Å². The lowest BCUT2D eigenvalue weighted by molar-refractivity contribution is 0.262. The molecule has 0 saturated carbocycles. The highest BCUT2D eigenvalue weighted by Crippen LogP contribution is 2.30. The summed E-state index contributed by atoms with van der Waals surface area (Å²) in [5.74, 6) is 0.654. The van der Waals surface area contributed by atoms with E-state index in [1.54, 1.807) is 11.3 Å². The van der Waals surface area contributed by atoms with Crippen LogP contribution >= 0.6 is 11.3 Å². The van der Waals surface area contributed by atoms with Gasteiger partial charge in [0.1, 0.15) is 17.2 Å². The molecule has 0 spiro atoms. The van der Waals surface area contributed by atoms with Crippen molar-refractivity contribution in [1.29, 1.82) is 0 Å². The van der Waals surface area contributed by atoms with Crippen molar-refractivity contribution in [3.8, 4) is 11.3 Å². The van der Waals surface area contributed by atoms with E-state index >= 15 is 0 Å². The minimum absolute atomic E-state index is 0.294. The fraction of sp³-hybridized carbons (Fsp3) is 0.100. The first-order valence-electron chi connectivity index (χ1n) is 8.26. The molecule has 0 radical (unpaired) electrons. The molecule has 0 aliphatic carbocycles. The molecule has 0 bridgehead atoms. The lowest BCUT2D eigenvalue weighted by Gasteiger charge is -2.10. The highest BCUT2D eigenvalue weighted by molar-refractivity contribution is 7.08. The first-order valence-corrected chi connectivity index (χ1v) is 9.20. The van der Waals surface area contributed by atoms with E-state index in [0.29, 0.717) is 5.82 Å². The molecule has 0 unspecified atom stereocenters. The third kappa shape index (κ3) is 3.19. The van der Waals surface area contributed by atoms with Crippen LogP contribution in [0.25, 0.3) is 16.9 Å². The Bertz CT molecular complexity index is 1060. The summed E-state index contributed by atoms with van der Waals surface area (Å²) in [7, 11) is 0. The summed E-state index contributed by atoms with van der Waals surface area (Å²) < 4.78 is 1.88. The average Bonchev–Trinajstić information content (AvgIpc) is 3.22. The van der Waals surface area contributed by atoms with Gasteiger partial charge in [-0.3, -0.25) is 9.72 Å². The van der Waals surface area contributed by atoms with Gasteiger partial charge in [0, 0.05) is 22.8 Å². The van der Waals surface area contributed by atoms with Crippen molar-refractivity contribution >= 4 is 34.5 Å². The molecule has 3 aromatic heterocycles. The number of carbonyl (C=O) groups excluding carboxylic acids is 1. The monoisotopic (exact) mass is 362 g/mol. The summed E-state index contributed by atoms with van der Waals surface area (Å²) in [5.41, 5.74) is 5.51. The van der Waals surface area contributed by atoms with E-state index in [9.17, 15) is 4.79 Å². The van der Waals surface area contributed by atoms with Gasteiger partial charge in [0.05, 0.1) is 0 Å². The van der Waals surface area contributed by atoms with Crippen molar-refractivity contribution < 1.29 is 4.79 Å². The van der Waals surface area contributed by atoms with Gasteiger partial charge in [0.25, 0.3) is 0 Å². The molecule has 3 heterocycles. The Morgan fingerprint density at radius 3 is 2.62 bits per heavy atom. The van der Waals surface area contributed by atoms with Gasteiger partial charge in [-0.05, 0) is 60.7 Å². The number of pyridine rings is 1. The van der Waals surface area contributed by atoms with Gasteiger partial charge in [0.2, 0.25) is 0 Å². The first kappa shape index (κ1) is 16.4. The van der Waals surface area contributed by atoms with E-state index in [2.05, 4.69) is 21.7 Å². The van der Waals surface area contributed by atoms with Gasteiger partial charge in [0.15, 0.2) is 0 Å². The number of amides is 2. The molecule has 1 aromatic carbocycles. The van der Waals surface area contributed by atoms with Crippen LogP contribution in [0, 0.1) is 13.8 Å². The summed E-state index contributed by atoms with van der Waals surface area (Å²) in [5, 5.41) is 9.90. The highest BCUT2D eigenvalue weighted by atomic mass is 32.1. The minimum Gasteiger partial charge on any atom is -0.308 e. The third-order valence-corrected chi connectivity index (χ3v) is 4.72. The number of hydrogen-bond donors (Lipinski definition) is 2. The van der Waals surface area contributed by atoms with Crippen LogP contribution in [0.5, 0.6) is 0 Å². The lowest BCUT2D eigenvalue weighted by Crippen LogP contribution is -2.20. The molecule has 0 atom stereocenters. The second-order valence-electron chi connectivity index (χ2n) is 6.21. The number of carbonyl (C=O) groups is 1. The smallest absolute Gasteiger partial charge is 0.308 e. The maximum atomic E-state index is 12.6. The fourth-order valence-electron chi connectivity index (χ4n) is 3.03. The number of benzene rings is 1. The molecule has 5 nitrogen and oxygen atoms in total. The Labute approximate surface area is 155 Å². The topological polar surface area (TPSA) is 58.4 Å². The van der Waals surface area contributed by atoms with Crippen molar-refractivity contribution in [1.82, 2.24) is 9.38 Å². The number of fused-ring (bicyclic) bond motifs is 1. The highest BCUT2D eigenvalue weighted by Gasteiger charge is 2.16. The van der Waals surface area contributed by atoms with Gasteiger partial charge in [-0.1, -0.05) is 12.1 Å². The molecule has 2 amide bonds. The maximum Gasteiger partial charge on any atom is 0.324 e. The predicted octanol–water partition coefficient (Wildman–Crippen LogP) is 5.32. The average molecular weight is 362 g/mol. The number of nitrogens with one attached hydrogen (secondary N) is 2. The number of nitrogens with zero attached hydrogens (tertiary/aromatic N) is 2. The van der Waals surface area contributed by atoms with E-state index in [4.69, 9.17) is 0 Å². The normalized spacial score (nSPS) is 10.8. The van der Waals surface area contributed by atoms with Crippen molar-refractivity contribution in [2.45, 2.75) is 13.8 Å². The number of urea groups is 1. The number of anilines is 2. The molecule has 0 saturated heterocycles. The van der Waals surface area contributed by atoms with Crippen LogP contribution in [0.4, 0.5) is 16.3 Å². The Morgan fingerprint density at radius 2 is 1.88 bits per heavy atom. The van der Waals surface area contributed by atoms with Crippen LogP contribution in [-0.2, 0) is 0 Å². The quantitative estimate of drug-likeness (QED) is 0.518. The standard InChI is InChI=1S/C20H18N4OS/c1-13-9-14(2)11-16(10-13)21-20(25)23-19-18(15-6-8-26-12-15)22-17-5-3-4-7-24(17)19/h3-12H,1-2H3,(H2,21,23,25). The fourth-order valence-corrected chi connectivity index (χ4v) is 3.67. The van der Waals surface area contributed by atoms with Gasteiger partial charge in [-0.2, -0.15) is 11.3 Å². The first-order chi connectivity index (χ1) is 12.6. The van der Waals surface area contributed by atoms with Gasteiger partial charge >= 0.3 is 6.03 Å². The number of imidazole rings is 1.